The number of nitrogens with two attached hydrogens (primary N) is 1. The van der Waals surface area contributed by atoms with Gasteiger partial charge in [-0.15, -0.1) is 11.3 Å². The van der Waals surface area contributed by atoms with Gasteiger partial charge in [0.15, 0.2) is 11.6 Å². The number of halogens is 2. The number of hydrogen-bond acceptors (Lipinski definition) is 5. The summed E-state index contributed by atoms with van der Waals surface area (Å²) in [7, 11) is 1.61. The molecule has 0 radical (unpaired) electrons. The molecule has 2 heterocycles. The molecule has 0 bridgehead atoms. The number of aromatic nitrogens is 1. The molecule has 1 amide bonds. The highest BCUT2D eigenvalue weighted by molar-refractivity contribution is 9.11. The van der Waals surface area contributed by atoms with Gasteiger partial charge in [-0.1, -0.05) is 0 Å². The van der Waals surface area contributed by atoms with Crippen LogP contribution in [0.1, 0.15) is 15.9 Å². The first-order chi connectivity index (χ1) is 9.52. The Bertz CT molecular complexity index is 634. The van der Waals surface area contributed by atoms with Crippen LogP contribution in [0.25, 0.3) is 0 Å². The lowest BCUT2D eigenvalue weighted by atomic mass is 10.2. The highest BCUT2D eigenvalue weighted by Crippen LogP contribution is 2.22. The third-order valence-electron chi connectivity index (χ3n) is 2.64. The third-order valence-corrected chi connectivity index (χ3v) is 4.20. The summed E-state index contributed by atoms with van der Waals surface area (Å²) in [6.45, 7) is 0.397. The molecule has 0 saturated carbocycles. The molecule has 0 saturated heterocycles. The van der Waals surface area contributed by atoms with Crippen molar-refractivity contribution < 1.29 is 9.18 Å². The maximum Gasteiger partial charge on any atom is 0.257 e. The standard InChI is InChI=1S/C12H12BrFN4OS/c1-18(5-7-4-9(13)20-6-7)12(19)8-2-3-16-11(17-15)10(8)14/h2-4,6H,5,15H2,1H3,(H,16,17). The van der Waals surface area contributed by atoms with Crippen molar-refractivity contribution in [2.45, 2.75) is 6.54 Å². The second-order valence-electron chi connectivity index (χ2n) is 4.09. The Balaban J connectivity index is 2.18. The molecule has 5 nitrogen and oxygen atoms in total. The molecule has 0 aliphatic heterocycles. The van der Waals surface area contributed by atoms with Gasteiger partial charge in [0.25, 0.3) is 5.91 Å². The first-order valence-electron chi connectivity index (χ1n) is 5.62. The van der Waals surface area contributed by atoms with Gasteiger partial charge < -0.3 is 10.3 Å². The predicted octanol–water partition coefficient (Wildman–Crippen LogP) is 2.60. The molecular formula is C12H12BrFN4OS. The predicted molar refractivity (Wildman–Crippen MR) is 79.8 cm³/mol. The monoisotopic (exact) mass is 358 g/mol. The van der Waals surface area contributed by atoms with E-state index in [-0.39, 0.29) is 11.4 Å². The maximum absolute atomic E-state index is 14.0. The largest absolute Gasteiger partial charge is 0.337 e. The van der Waals surface area contributed by atoms with Crippen LogP contribution >= 0.6 is 27.3 Å². The number of carbonyl (C=O) groups is 1. The molecule has 0 aliphatic rings. The van der Waals surface area contributed by atoms with Gasteiger partial charge in [-0.2, -0.15) is 0 Å². The maximum atomic E-state index is 14.0. The van der Waals surface area contributed by atoms with Crippen LogP contribution in [0.4, 0.5) is 10.2 Å². The number of nitrogen functional groups attached to an aromatic ring is 1. The van der Waals surface area contributed by atoms with E-state index in [1.54, 1.807) is 7.05 Å². The normalized spacial score (nSPS) is 10.4. The van der Waals surface area contributed by atoms with Crippen LogP contribution in [-0.2, 0) is 6.54 Å². The minimum absolute atomic E-state index is 0.0651. The lowest BCUT2D eigenvalue weighted by Gasteiger charge is -2.17. The first-order valence-corrected chi connectivity index (χ1v) is 7.29. The quantitative estimate of drug-likeness (QED) is 0.650. The van der Waals surface area contributed by atoms with E-state index >= 15 is 0 Å². The van der Waals surface area contributed by atoms with Crippen molar-refractivity contribution in [1.29, 1.82) is 0 Å². The third kappa shape index (κ3) is 3.14. The summed E-state index contributed by atoms with van der Waals surface area (Å²) in [5, 5.41) is 1.93. The zero-order chi connectivity index (χ0) is 14.7. The fraction of sp³-hybridized carbons (Fsp3) is 0.167. The topological polar surface area (TPSA) is 71.2 Å². The van der Waals surface area contributed by atoms with E-state index in [0.717, 1.165) is 9.35 Å². The second kappa shape index (κ2) is 6.29. The fourth-order valence-corrected chi connectivity index (χ4v) is 2.89. The number of anilines is 1. The van der Waals surface area contributed by atoms with Crippen molar-refractivity contribution in [3.05, 3.63) is 44.4 Å². The molecule has 2 aromatic rings. The molecule has 106 valence electrons. The molecular weight excluding hydrogens is 347 g/mol. The Labute approximate surface area is 127 Å². The molecule has 2 rings (SSSR count). The zero-order valence-corrected chi connectivity index (χ0v) is 13.0. The zero-order valence-electron chi connectivity index (χ0n) is 10.6. The van der Waals surface area contributed by atoms with Crippen LogP contribution in [0.2, 0.25) is 0 Å². The SMILES string of the molecule is CN(Cc1csc(Br)c1)C(=O)c1ccnc(NN)c1F. The van der Waals surface area contributed by atoms with Crippen LogP contribution < -0.4 is 11.3 Å². The molecule has 3 N–H and O–H groups in total. The number of carbonyl (C=O) groups excluding carboxylic acids is 1. The summed E-state index contributed by atoms with van der Waals surface area (Å²) in [6, 6.07) is 3.25. The van der Waals surface area contributed by atoms with E-state index in [9.17, 15) is 9.18 Å². The van der Waals surface area contributed by atoms with Crippen LogP contribution in [0.15, 0.2) is 27.5 Å². The van der Waals surface area contributed by atoms with Gasteiger partial charge in [0.1, 0.15) is 0 Å². The van der Waals surface area contributed by atoms with Gasteiger partial charge in [0.2, 0.25) is 0 Å². The first kappa shape index (κ1) is 14.9. The molecule has 20 heavy (non-hydrogen) atoms. The number of hydrazine groups is 1. The molecule has 2 aromatic heterocycles. The molecule has 8 heteroatoms. The van der Waals surface area contributed by atoms with Gasteiger partial charge >= 0.3 is 0 Å². The van der Waals surface area contributed by atoms with E-state index in [1.165, 1.54) is 28.5 Å². The van der Waals surface area contributed by atoms with E-state index in [0.29, 0.717) is 6.54 Å². The number of thiophene rings is 1. The van der Waals surface area contributed by atoms with Crippen molar-refractivity contribution >= 4 is 39.0 Å². The molecule has 0 spiro atoms. The highest BCUT2D eigenvalue weighted by atomic mass is 79.9. The van der Waals surface area contributed by atoms with Crippen LogP contribution in [0.3, 0.4) is 0 Å². The summed E-state index contributed by atoms with van der Waals surface area (Å²) in [4.78, 5) is 17.4. The van der Waals surface area contributed by atoms with Gasteiger partial charge in [0, 0.05) is 19.8 Å². The van der Waals surface area contributed by atoms with Gasteiger partial charge in [-0.05, 0) is 39.0 Å². The summed E-state index contributed by atoms with van der Waals surface area (Å²) in [5.41, 5.74) is 3.03. The van der Waals surface area contributed by atoms with Gasteiger partial charge in [0.05, 0.1) is 9.35 Å². The summed E-state index contributed by atoms with van der Waals surface area (Å²) in [6.07, 6.45) is 1.33. The minimum atomic E-state index is -0.752. The minimum Gasteiger partial charge on any atom is -0.337 e. The summed E-state index contributed by atoms with van der Waals surface area (Å²) < 4.78 is 15.0. The van der Waals surface area contributed by atoms with Crippen molar-refractivity contribution in [3.8, 4) is 0 Å². The fourth-order valence-electron chi connectivity index (χ4n) is 1.69. The molecule has 0 unspecified atom stereocenters. The molecule has 0 aliphatic carbocycles. The number of hydrogen-bond donors (Lipinski definition) is 2. The highest BCUT2D eigenvalue weighted by Gasteiger charge is 2.19. The van der Waals surface area contributed by atoms with Crippen molar-refractivity contribution in [3.63, 3.8) is 0 Å². The average molecular weight is 359 g/mol. The van der Waals surface area contributed by atoms with E-state index < -0.39 is 11.7 Å². The van der Waals surface area contributed by atoms with Gasteiger partial charge in [-0.25, -0.2) is 15.2 Å². The summed E-state index contributed by atoms with van der Waals surface area (Å²) >= 11 is 4.89. The Kier molecular flexibility index (Phi) is 4.69. The van der Waals surface area contributed by atoms with E-state index in [1.807, 2.05) is 11.4 Å². The average Bonchev–Trinajstić information content (AvgIpc) is 2.83. The van der Waals surface area contributed by atoms with Crippen molar-refractivity contribution in [2.75, 3.05) is 12.5 Å². The van der Waals surface area contributed by atoms with Crippen molar-refractivity contribution in [2.24, 2.45) is 5.84 Å². The molecule has 0 fully saturated rings. The smallest absolute Gasteiger partial charge is 0.257 e. The number of amides is 1. The molecule has 0 atom stereocenters. The van der Waals surface area contributed by atoms with Gasteiger partial charge in [-0.3, -0.25) is 4.79 Å². The Morgan fingerprint density at radius 1 is 1.65 bits per heavy atom. The Morgan fingerprint density at radius 3 is 3.00 bits per heavy atom. The lowest BCUT2D eigenvalue weighted by molar-refractivity contribution is 0.0780. The summed E-state index contributed by atoms with van der Waals surface area (Å²) in [5.74, 6) is 3.81. The number of nitrogens with zero attached hydrogens (tertiary/aromatic N) is 2. The molecule has 0 aromatic carbocycles. The second-order valence-corrected chi connectivity index (χ2v) is 6.38. The van der Waals surface area contributed by atoms with E-state index in [2.05, 4.69) is 26.3 Å². The lowest BCUT2D eigenvalue weighted by Crippen LogP contribution is -2.27. The number of nitrogens with one attached hydrogen (secondary N) is 1. The van der Waals surface area contributed by atoms with Crippen LogP contribution in [0.5, 0.6) is 0 Å². The van der Waals surface area contributed by atoms with Crippen LogP contribution in [0, 0.1) is 5.82 Å². The number of pyridine rings is 1. The Morgan fingerprint density at radius 2 is 2.40 bits per heavy atom. The number of rotatable bonds is 4. The Hall–Kier alpha value is -1.51. The van der Waals surface area contributed by atoms with Crippen LogP contribution in [-0.4, -0.2) is 22.8 Å². The van der Waals surface area contributed by atoms with Crippen molar-refractivity contribution in [1.82, 2.24) is 9.88 Å². The van der Waals surface area contributed by atoms with E-state index in [4.69, 9.17) is 5.84 Å².